The summed E-state index contributed by atoms with van der Waals surface area (Å²) in [6.07, 6.45) is 4.39. The molecule has 1 saturated heterocycles. The van der Waals surface area contributed by atoms with Gasteiger partial charge in [-0.2, -0.15) is 0 Å². The number of ether oxygens (including phenoxy) is 2. The summed E-state index contributed by atoms with van der Waals surface area (Å²) in [5.74, 6) is -2.74. The SMILES string of the molecule is COc1ccc(C(=O)COC(=O)c2ccc(N3C(=O)[C@H]4[C@@H](C)C=CC[C@H]4C3=O)cc2)cc1[N+](=O)[O-]. The third-order valence-electron chi connectivity index (χ3n) is 6.27. The second-order valence-corrected chi connectivity index (χ2v) is 8.36. The molecular formula is C25H22N2O8. The van der Waals surface area contributed by atoms with Crippen molar-refractivity contribution in [1.29, 1.82) is 0 Å². The second kappa shape index (κ2) is 9.49. The van der Waals surface area contributed by atoms with Crippen LogP contribution in [-0.4, -0.2) is 42.2 Å². The summed E-state index contributed by atoms with van der Waals surface area (Å²) in [7, 11) is 1.28. The van der Waals surface area contributed by atoms with Crippen LogP contribution < -0.4 is 9.64 Å². The van der Waals surface area contributed by atoms with Crippen LogP contribution in [-0.2, 0) is 14.3 Å². The van der Waals surface area contributed by atoms with Gasteiger partial charge in [0.25, 0.3) is 0 Å². The topological polar surface area (TPSA) is 133 Å². The van der Waals surface area contributed by atoms with E-state index in [9.17, 15) is 29.3 Å². The molecule has 1 aliphatic carbocycles. The van der Waals surface area contributed by atoms with Gasteiger partial charge in [0.05, 0.1) is 35.1 Å². The summed E-state index contributed by atoms with van der Waals surface area (Å²) >= 11 is 0. The van der Waals surface area contributed by atoms with Gasteiger partial charge in [-0.1, -0.05) is 19.1 Å². The maximum atomic E-state index is 12.9. The van der Waals surface area contributed by atoms with Crippen molar-refractivity contribution >= 4 is 34.9 Å². The van der Waals surface area contributed by atoms with Crippen LogP contribution in [0.3, 0.4) is 0 Å². The Hall–Kier alpha value is -4.34. The first-order chi connectivity index (χ1) is 16.7. The van der Waals surface area contributed by atoms with E-state index in [1.807, 2.05) is 19.1 Å². The summed E-state index contributed by atoms with van der Waals surface area (Å²) in [5, 5.41) is 11.1. The Labute approximate surface area is 200 Å². The molecule has 0 bridgehead atoms. The van der Waals surface area contributed by atoms with Crippen LogP contribution >= 0.6 is 0 Å². The molecular weight excluding hydrogens is 456 g/mol. The van der Waals surface area contributed by atoms with Gasteiger partial charge in [-0.05, 0) is 48.7 Å². The van der Waals surface area contributed by atoms with Crippen LogP contribution in [0.5, 0.6) is 5.75 Å². The number of nitro benzene ring substituents is 1. The number of fused-ring (bicyclic) bond motifs is 1. The average Bonchev–Trinajstić information content (AvgIpc) is 3.12. The molecule has 1 aliphatic heterocycles. The van der Waals surface area contributed by atoms with Gasteiger partial charge in [0.2, 0.25) is 17.6 Å². The Balaban J connectivity index is 1.41. The molecule has 0 radical (unpaired) electrons. The third-order valence-corrected chi connectivity index (χ3v) is 6.27. The molecule has 3 atom stereocenters. The minimum absolute atomic E-state index is 0.00288. The number of imide groups is 1. The van der Waals surface area contributed by atoms with Crippen LogP contribution in [0.2, 0.25) is 0 Å². The average molecular weight is 478 g/mol. The highest BCUT2D eigenvalue weighted by molar-refractivity contribution is 6.22. The number of methoxy groups -OCH3 is 1. The lowest BCUT2D eigenvalue weighted by Crippen LogP contribution is -2.31. The predicted molar refractivity (Wildman–Crippen MR) is 123 cm³/mol. The zero-order chi connectivity index (χ0) is 25.3. The first-order valence-electron chi connectivity index (χ1n) is 10.9. The van der Waals surface area contributed by atoms with Crippen LogP contribution in [0.15, 0.2) is 54.6 Å². The van der Waals surface area contributed by atoms with Gasteiger partial charge in [-0.15, -0.1) is 0 Å². The van der Waals surface area contributed by atoms with Gasteiger partial charge >= 0.3 is 11.7 Å². The van der Waals surface area contributed by atoms with E-state index in [1.165, 1.54) is 43.5 Å². The van der Waals surface area contributed by atoms with Crippen molar-refractivity contribution in [2.75, 3.05) is 18.6 Å². The lowest BCUT2D eigenvalue weighted by Gasteiger charge is -2.22. The van der Waals surface area contributed by atoms with Gasteiger partial charge in [0, 0.05) is 11.6 Å². The van der Waals surface area contributed by atoms with Crippen LogP contribution in [0.1, 0.15) is 34.1 Å². The number of amides is 2. The highest BCUT2D eigenvalue weighted by atomic mass is 16.6. The molecule has 0 spiro atoms. The van der Waals surface area contributed by atoms with Crippen molar-refractivity contribution in [3.8, 4) is 5.75 Å². The van der Waals surface area contributed by atoms with Crippen molar-refractivity contribution in [3.63, 3.8) is 0 Å². The van der Waals surface area contributed by atoms with E-state index in [0.717, 1.165) is 11.0 Å². The Kier molecular flexibility index (Phi) is 6.46. The Morgan fingerprint density at radius 3 is 2.40 bits per heavy atom. The summed E-state index contributed by atoms with van der Waals surface area (Å²) < 4.78 is 9.96. The number of benzene rings is 2. The number of carbonyl (C=O) groups is 4. The lowest BCUT2D eigenvalue weighted by atomic mass is 9.78. The molecule has 180 valence electrons. The minimum Gasteiger partial charge on any atom is -0.490 e. The zero-order valence-electron chi connectivity index (χ0n) is 19.0. The maximum Gasteiger partial charge on any atom is 0.338 e. The van der Waals surface area contributed by atoms with Gasteiger partial charge < -0.3 is 9.47 Å². The van der Waals surface area contributed by atoms with Crippen LogP contribution in [0.4, 0.5) is 11.4 Å². The van der Waals surface area contributed by atoms with Crippen LogP contribution in [0, 0.1) is 27.9 Å². The molecule has 2 aromatic rings. The van der Waals surface area contributed by atoms with E-state index in [0.29, 0.717) is 12.1 Å². The molecule has 0 unspecified atom stereocenters. The number of hydrogen-bond donors (Lipinski definition) is 0. The highest BCUT2D eigenvalue weighted by Gasteiger charge is 2.50. The monoisotopic (exact) mass is 478 g/mol. The fourth-order valence-electron chi connectivity index (χ4n) is 4.45. The summed E-state index contributed by atoms with van der Waals surface area (Å²) in [6.45, 7) is 1.29. The van der Waals surface area contributed by atoms with Gasteiger partial charge in [-0.25, -0.2) is 4.79 Å². The molecule has 2 aliphatic rings. The molecule has 0 saturated carbocycles. The Morgan fingerprint density at radius 1 is 1.09 bits per heavy atom. The Morgan fingerprint density at radius 2 is 1.77 bits per heavy atom. The van der Waals surface area contributed by atoms with E-state index in [4.69, 9.17) is 9.47 Å². The van der Waals surface area contributed by atoms with Crippen molar-refractivity contribution < 1.29 is 33.6 Å². The second-order valence-electron chi connectivity index (χ2n) is 8.36. The number of hydrogen-bond acceptors (Lipinski definition) is 8. The maximum absolute atomic E-state index is 12.9. The predicted octanol–water partition coefficient (Wildman–Crippen LogP) is 3.34. The molecule has 10 heteroatoms. The van der Waals surface area contributed by atoms with Gasteiger partial charge in [-0.3, -0.25) is 29.4 Å². The largest absolute Gasteiger partial charge is 0.490 e. The van der Waals surface area contributed by atoms with E-state index >= 15 is 0 Å². The fraction of sp³-hybridized carbons (Fsp3) is 0.280. The highest BCUT2D eigenvalue weighted by Crippen LogP contribution is 2.40. The summed E-state index contributed by atoms with van der Waals surface area (Å²) in [6, 6.07) is 9.47. The third kappa shape index (κ3) is 4.42. The number of esters is 1. The number of allylic oxidation sites excluding steroid dienone is 2. The quantitative estimate of drug-likeness (QED) is 0.148. The normalized spacial score (nSPS) is 21.0. The number of nitro groups is 1. The van der Waals surface area contributed by atoms with Crippen molar-refractivity contribution in [2.24, 2.45) is 17.8 Å². The van der Waals surface area contributed by atoms with Crippen LogP contribution in [0.25, 0.3) is 0 Å². The molecule has 2 aromatic carbocycles. The van der Waals surface area contributed by atoms with E-state index in [2.05, 4.69) is 0 Å². The van der Waals surface area contributed by atoms with Crippen molar-refractivity contribution in [3.05, 3.63) is 75.9 Å². The molecule has 35 heavy (non-hydrogen) atoms. The lowest BCUT2D eigenvalue weighted by molar-refractivity contribution is -0.385. The number of ketones is 1. The standard InChI is InChI=1S/C25H22N2O8/c1-14-4-3-5-18-22(14)24(30)26(23(18)29)17-9-6-15(7-10-17)25(31)35-13-20(28)16-8-11-21(34-2)19(12-16)27(32)33/h3-4,6-12,14,18,22H,5,13H2,1-2H3/t14-,18+,22-/m0/s1. The Bertz CT molecular complexity index is 1250. The first-order valence-corrected chi connectivity index (χ1v) is 10.9. The van der Waals surface area contributed by atoms with Crippen molar-refractivity contribution in [2.45, 2.75) is 13.3 Å². The molecule has 0 N–H and O–H groups in total. The van der Waals surface area contributed by atoms with E-state index < -0.39 is 29.2 Å². The number of carbonyl (C=O) groups excluding carboxylic acids is 4. The van der Waals surface area contributed by atoms with Gasteiger partial charge in [0.1, 0.15) is 0 Å². The molecule has 1 fully saturated rings. The number of rotatable bonds is 7. The molecule has 0 aromatic heterocycles. The van der Waals surface area contributed by atoms with E-state index in [-0.39, 0.29) is 46.2 Å². The minimum atomic E-state index is -0.793. The molecule has 10 nitrogen and oxygen atoms in total. The number of anilines is 1. The zero-order valence-corrected chi connectivity index (χ0v) is 19.0. The summed E-state index contributed by atoms with van der Waals surface area (Å²) in [5.41, 5.74) is 0.0988. The van der Waals surface area contributed by atoms with Gasteiger partial charge in [0.15, 0.2) is 12.4 Å². The van der Waals surface area contributed by atoms with E-state index in [1.54, 1.807) is 0 Å². The summed E-state index contributed by atoms with van der Waals surface area (Å²) in [4.78, 5) is 62.1. The number of nitrogens with zero attached hydrogens (tertiary/aromatic N) is 2. The van der Waals surface area contributed by atoms with Crippen molar-refractivity contribution in [1.82, 2.24) is 0 Å². The fourth-order valence-corrected chi connectivity index (χ4v) is 4.45. The first kappa shape index (κ1) is 23.8. The molecule has 2 amide bonds. The smallest absolute Gasteiger partial charge is 0.338 e. The number of Topliss-reactive ketones (excluding diaryl/α,β-unsaturated/α-hetero) is 1. The molecule has 1 heterocycles. The molecule has 4 rings (SSSR count).